The Balaban J connectivity index is 2.83. The Morgan fingerprint density at radius 3 is 2.47 bits per heavy atom. The lowest BCUT2D eigenvalue weighted by Gasteiger charge is -2.05. The van der Waals surface area contributed by atoms with Crippen molar-refractivity contribution in [3.05, 3.63) is 41.7 Å². The molecular formula is C11H13NO3. The van der Waals surface area contributed by atoms with Gasteiger partial charge in [0.05, 0.1) is 14.2 Å². The summed E-state index contributed by atoms with van der Waals surface area (Å²) < 4.78 is 4.94. The first-order valence-electron chi connectivity index (χ1n) is 4.42. The molecule has 0 heterocycles. The van der Waals surface area contributed by atoms with Gasteiger partial charge in [0, 0.05) is 0 Å². The summed E-state index contributed by atoms with van der Waals surface area (Å²) in [5.74, 6) is -0.216. The van der Waals surface area contributed by atoms with Gasteiger partial charge in [-0.25, -0.2) is 5.48 Å². The zero-order chi connectivity index (χ0) is 11.1. The molecule has 1 rings (SSSR count). The highest BCUT2D eigenvalue weighted by molar-refractivity contribution is 5.95. The number of amides is 1. The zero-order valence-electron chi connectivity index (χ0n) is 8.69. The fourth-order valence-corrected chi connectivity index (χ4v) is 1.06. The van der Waals surface area contributed by atoms with Crippen LogP contribution in [0.1, 0.15) is 5.56 Å². The van der Waals surface area contributed by atoms with Crippen LogP contribution in [0.3, 0.4) is 0 Å². The Labute approximate surface area is 88.5 Å². The SMILES string of the molecule is CONC(=O)C(=Cc1ccccc1)OC. The topological polar surface area (TPSA) is 47.6 Å². The molecule has 0 atom stereocenters. The molecule has 0 aromatic heterocycles. The largest absolute Gasteiger partial charge is 0.491 e. The van der Waals surface area contributed by atoms with Crippen molar-refractivity contribution in [3.8, 4) is 0 Å². The number of hydrogen-bond donors (Lipinski definition) is 1. The van der Waals surface area contributed by atoms with Gasteiger partial charge < -0.3 is 4.74 Å². The summed E-state index contributed by atoms with van der Waals surface area (Å²) in [7, 11) is 2.80. The van der Waals surface area contributed by atoms with Gasteiger partial charge in [0.2, 0.25) is 0 Å². The molecule has 4 nitrogen and oxygen atoms in total. The van der Waals surface area contributed by atoms with Crippen LogP contribution >= 0.6 is 0 Å². The van der Waals surface area contributed by atoms with Crippen molar-refractivity contribution in [1.82, 2.24) is 5.48 Å². The van der Waals surface area contributed by atoms with E-state index in [1.807, 2.05) is 30.3 Å². The minimum atomic E-state index is -0.413. The minimum Gasteiger partial charge on any atom is -0.491 e. The van der Waals surface area contributed by atoms with Crippen LogP contribution in [-0.2, 0) is 14.4 Å². The summed E-state index contributed by atoms with van der Waals surface area (Å²) in [5.41, 5.74) is 3.07. The van der Waals surface area contributed by atoms with Crippen molar-refractivity contribution in [1.29, 1.82) is 0 Å². The van der Waals surface area contributed by atoms with E-state index < -0.39 is 5.91 Å². The van der Waals surface area contributed by atoms with Gasteiger partial charge >= 0.3 is 5.91 Å². The fourth-order valence-electron chi connectivity index (χ4n) is 1.06. The lowest BCUT2D eigenvalue weighted by Crippen LogP contribution is -2.24. The standard InChI is InChI=1S/C11H13NO3/c1-14-10(11(13)12-15-2)8-9-6-4-3-5-7-9/h3-8H,1-2H3,(H,12,13). The predicted octanol–water partition coefficient (Wildman–Crippen LogP) is 1.35. The van der Waals surface area contributed by atoms with E-state index >= 15 is 0 Å². The van der Waals surface area contributed by atoms with Gasteiger partial charge in [-0.1, -0.05) is 30.3 Å². The molecule has 0 saturated carbocycles. The first kappa shape index (κ1) is 11.3. The maximum absolute atomic E-state index is 11.3. The van der Waals surface area contributed by atoms with Crippen LogP contribution in [0.25, 0.3) is 6.08 Å². The van der Waals surface area contributed by atoms with Crippen LogP contribution in [0.5, 0.6) is 0 Å². The second kappa shape index (κ2) is 5.82. The Morgan fingerprint density at radius 2 is 1.93 bits per heavy atom. The smallest absolute Gasteiger partial charge is 0.309 e. The molecule has 0 radical (unpaired) electrons. The third-order valence-electron chi connectivity index (χ3n) is 1.74. The number of hydroxylamine groups is 1. The van der Waals surface area contributed by atoms with Gasteiger partial charge in [-0.05, 0) is 11.6 Å². The van der Waals surface area contributed by atoms with Crippen molar-refractivity contribution in [2.45, 2.75) is 0 Å². The molecule has 1 amide bonds. The monoisotopic (exact) mass is 207 g/mol. The number of rotatable bonds is 4. The van der Waals surface area contributed by atoms with Gasteiger partial charge in [0.25, 0.3) is 0 Å². The maximum Gasteiger partial charge on any atom is 0.309 e. The number of benzene rings is 1. The molecule has 1 aromatic carbocycles. The van der Waals surface area contributed by atoms with E-state index in [0.717, 1.165) is 5.56 Å². The number of hydrogen-bond acceptors (Lipinski definition) is 3. The predicted molar refractivity (Wildman–Crippen MR) is 56.6 cm³/mol. The Hall–Kier alpha value is -1.81. The number of methoxy groups -OCH3 is 1. The first-order chi connectivity index (χ1) is 7.27. The summed E-state index contributed by atoms with van der Waals surface area (Å²) in [4.78, 5) is 15.9. The lowest BCUT2D eigenvalue weighted by molar-refractivity contribution is -0.130. The van der Waals surface area contributed by atoms with Gasteiger partial charge in [-0.3, -0.25) is 9.63 Å². The highest BCUT2D eigenvalue weighted by Gasteiger charge is 2.08. The summed E-state index contributed by atoms with van der Waals surface area (Å²) in [6.07, 6.45) is 1.63. The van der Waals surface area contributed by atoms with Gasteiger partial charge in [-0.15, -0.1) is 0 Å². The molecule has 1 N–H and O–H groups in total. The molecule has 1 aromatic rings. The molecule has 0 aliphatic heterocycles. The van der Waals surface area contributed by atoms with E-state index in [2.05, 4.69) is 10.3 Å². The second-order valence-electron chi connectivity index (χ2n) is 2.76. The Kier molecular flexibility index (Phi) is 4.37. The average molecular weight is 207 g/mol. The van der Waals surface area contributed by atoms with Crippen molar-refractivity contribution in [2.75, 3.05) is 14.2 Å². The first-order valence-corrected chi connectivity index (χ1v) is 4.42. The molecule has 0 spiro atoms. The summed E-state index contributed by atoms with van der Waals surface area (Å²) in [6.45, 7) is 0. The average Bonchev–Trinajstić information content (AvgIpc) is 2.27. The Bertz CT molecular complexity index is 346. The van der Waals surface area contributed by atoms with E-state index in [-0.39, 0.29) is 5.76 Å². The van der Waals surface area contributed by atoms with Crippen LogP contribution in [0.4, 0.5) is 0 Å². The van der Waals surface area contributed by atoms with Gasteiger partial charge in [-0.2, -0.15) is 0 Å². The number of ether oxygens (including phenoxy) is 1. The van der Waals surface area contributed by atoms with Crippen molar-refractivity contribution < 1.29 is 14.4 Å². The van der Waals surface area contributed by atoms with E-state index in [0.29, 0.717) is 0 Å². The highest BCUT2D eigenvalue weighted by atomic mass is 16.6. The van der Waals surface area contributed by atoms with E-state index in [1.165, 1.54) is 14.2 Å². The summed E-state index contributed by atoms with van der Waals surface area (Å²) in [6, 6.07) is 9.41. The third kappa shape index (κ3) is 3.44. The Morgan fingerprint density at radius 1 is 1.27 bits per heavy atom. The van der Waals surface area contributed by atoms with Crippen molar-refractivity contribution >= 4 is 12.0 Å². The molecule has 0 saturated heterocycles. The zero-order valence-corrected chi connectivity index (χ0v) is 8.69. The number of carbonyl (C=O) groups is 1. The maximum atomic E-state index is 11.3. The molecule has 0 fully saturated rings. The normalized spacial score (nSPS) is 10.9. The van der Waals surface area contributed by atoms with Crippen LogP contribution in [0.2, 0.25) is 0 Å². The quantitative estimate of drug-likeness (QED) is 0.460. The summed E-state index contributed by atoms with van der Waals surface area (Å²) >= 11 is 0. The van der Waals surface area contributed by atoms with Gasteiger partial charge in [0.15, 0.2) is 5.76 Å². The molecule has 0 bridgehead atoms. The molecule has 80 valence electrons. The van der Waals surface area contributed by atoms with Crippen molar-refractivity contribution in [3.63, 3.8) is 0 Å². The second-order valence-corrected chi connectivity index (χ2v) is 2.76. The molecule has 0 aliphatic rings. The fraction of sp³-hybridized carbons (Fsp3) is 0.182. The number of nitrogens with one attached hydrogen (secondary N) is 1. The third-order valence-corrected chi connectivity index (χ3v) is 1.74. The van der Waals surface area contributed by atoms with Crippen LogP contribution < -0.4 is 5.48 Å². The molecular weight excluding hydrogens is 194 g/mol. The van der Waals surface area contributed by atoms with Crippen LogP contribution in [0.15, 0.2) is 36.1 Å². The minimum absolute atomic E-state index is 0.197. The summed E-state index contributed by atoms with van der Waals surface area (Å²) in [5, 5.41) is 0. The number of carbonyl (C=O) groups excluding carboxylic acids is 1. The van der Waals surface area contributed by atoms with Crippen LogP contribution in [-0.4, -0.2) is 20.1 Å². The highest BCUT2D eigenvalue weighted by Crippen LogP contribution is 2.06. The molecule has 0 unspecified atom stereocenters. The van der Waals surface area contributed by atoms with E-state index in [1.54, 1.807) is 6.08 Å². The van der Waals surface area contributed by atoms with Crippen LogP contribution in [0, 0.1) is 0 Å². The van der Waals surface area contributed by atoms with E-state index in [9.17, 15) is 4.79 Å². The molecule has 4 heteroatoms. The lowest BCUT2D eigenvalue weighted by atomic mass is 10.2. The van der Waals surface area contributed by atoms with Gasteiger partial charge in [0.1, 0.15) is 0 Å². The molecule has 0 aliphatic carbocycles. The molecule has 15 heavy (non-hydrogen) atoms. The van der Waals surface area contributed by atoms with E-state index in [4.69, 9.17) is 4.74 Å². The van der Waals surface area contributed by atoms with Crippen molar-refractivity contribution in [2.24, 2.45) is 0 Å².